The van der Waals surface area contributed by atoms with Gasteiger partial charge in [-0.25, -0.2) is 0 Å². The summed E-state index contributed by atoms with van der Waals surface area (Å²) in [6.45, 7) is 3.78. The normalized spacial score (nSPS) is 16.3. The third kappa shape index (κ3) is 3.67. The fourth-order valence-corrected chi connectivity index (χ4v) is 0.871. The van der Waals surface area contributed by atoms with Crippen molar-refractivity contribution in [1.82, 2.24) is 0 Å². The van der Waals surface area contributed by atoms with Crippen LogP contribution in [-0.2, 0) is 0 Å². The van der Waals surface area contributed by atoms with Crippen LogP contribution >= 0.6 is 11.6 Å². The molecule has 0 aliphatic rings. The highest BCUT2D eigenvalue weighted by atomic mass is 35.5. The van der Waals surface area contributed by atoms with E-state index in [4.69, 9.17) is 11.6 Å². The molecule has 0 amide bonds. The van der Waals surface area contributed by atoms with E-state index < -0.39 is 0 Å². The van der Waals surface area contributed by atoms with Crippen LogP contribution in [-0.4, -0.2) is 17.3 Å². The Morgan fingerprint density at radius 2 is 2.00 bits per heavy atom. The Morgan fingerprint density at radius 3 is 2.30 bits per heavy atom. The van der Waals surface area contributed by atoms with Crippen LogP contribution in [0.1, 0.15) is 13.8 Å². The van der Waals surface area contributed by atoms with Crippen LogP contribution in [0.4, 0.5) is 0 Å². The van der Waals surface area contributed by atoms with E-state index in [-0.39, 0.29) is 23.3 Å². The van der Waals surface area contributed by atoms with Gasteiger partial charge >= 0.3 is 0 Å². The number of halogens is 1. The van der Waals surface area contributed by atoms with Crippen LogP contribution in [0.2, 0.25) is 0 Å². The fraction of sp³-hybridized carbons (Fsp3) is 1.00. The molecule has 0 aliphatic heterocycles. The second-order valence-corrected chi connectivity index (χ2v) is 2.93. The van der Waals surface area contributed by atoms with Gasteiger partial charge in [0.1, 0.15) is 0 Å². The van der Waals surface area contributed by atoms with Crippen molar-refractivity contribution in [2.45, 2.75) is 13.8 Å². The Bertz CT molecular complexity index is 118. The number of hydrogen-bond donors (Lipinski definition) is 0. The van der Waals surface area contributed by atoms with Crippen molar-refractivity contribution in [1.29, 1.82) is 0 Å². The van der Waals surface area contributed by atoms with Crippen molar-refractivity contribution >= 4 is 11.6 Å². The summed E-state index contributed by atoms with van der Waals surface area (Å²) in [5, 5.41) is 9.99. The number of nitro groups is 1. The Labute approximate surface area is 65.5 Å². The van der Waals surface area contributed by atoms with Gasteiger partial charge in [-0.2, -0.15) is 0 Å². The summed E-state index contributed by atoms with van der Waals surface area (Å²) >= 11 is 5.51. The zero-order valence-electron chi connectivity index (χ0n) is 6.21. The molecular formula is C6H12ClNO2. The summed E-state index contributed by atoms with van der Waals surface area (Å²) in [5.41, 5.74) is 0. The SMILES string of the molecule is CC(CCl)C(C)C[N+](=O)[O-]. The molecule has 0 heterocycles. The number of rotatable bonds is 4. The molecule has 0 N–H and O–H groups in total. The smallest absolute Gasteiger partial charge is 0.206 e. The van der Waals surface area contributed by atoms with Gasteiger partial charge < -0.3 is 0 Å². The molecule has 0 aromatic heterocycles. The fourth-order valence-electron chi connectivity index (χ4n) is 0.567. The molecule has 3 nitrogen and oxygen atoms in total. The van der Waals surface area contributed by atoms with Crippen LogP contribution in [0.15, 0.2) is 0 Å². The average Bonchev–Trinajstić information content (AvgIpc) is 1.85. The van der Waals surface area contributed by atoms with Gasteiger partial charge in [0.15, 0.2) is 0 Å². The van der Waals surface area contributed by atoms with Crippen molar-refractivity contribution < 1.29 is 4.92 Å². The first-order valence-electron chi connectivity index (χ1n) is 3.25. The minimum atomic E-state index is -0.298. The summed E-state index contributed by atoms with van der Waals surface area (Å²) in [6.07, 6.45) is 0. The maximum Gasteiger partial charge on any atom is 0.206 e. The lowest BCUT2D eigenvalue weighted by atomic mass is 9.98. The lowest BCUT2D eigenvalue weighted by Gasteiger charge is -2.11. The van der Waals surface area contributed by atoms with Gasteiger partial charge in [0.25, 0.3) is 0 Å². The summed E-state index contributed by atoms with van der Waals surface area (Å²) in [6, 6.07) is 0. The minimum Gasteiger partial charge on any atom is -0.265 e. The second-order valence-electron chi connectivity index (χ2n) is 2.62. The molecule has 0 saturated carbocycles. The lowest BCUT2D eigenvalue weighted by molar-refractivity contribution is -0.488. The summed E-state index contributed by atoms with van der Waals surface area (Å²) < 4.78 is 0. The third-order valence-corrected chi connectivity index (χ3v) is 2.14. The minimum absolute atomic E-state index is 0.0217. The van der Waals surface area contributed by atoms with E-state index >= 15 is 0 Å². The molecule has 2 unspecified atom stereocenters. The van der Waals surface area contributed by atoms with Crippen LogP contribution in [0.3, 0.4) is 0 Å². The number of nitrogens with zero attached hydrogens (tertiary/aromatic N) is 1. The van der Waals surface area contributed by atoms with E-state index in [1.807, 2.05) is 13.8 Å². The molecule has 0 rings (SSSR count). The first-order chi connectivity index (χ1) is 4.57. The number of hydrogen-bond acceptors (Lipinski definition) is 2. The monoisotopic (exact) mass is 165 g/mol. The van der Waals surface area contributed by atoms with E-state index in [9.17, 15) is 10.1 Å². The molecule has 0 saturated heterocycles. The molecule has 0 bridgehead atoms. The quantitative estimate of drug-likeness (QED) is 0.362. The van der Waals surface area contributed by atoms with Gasteiger partial charge in [-0.15, -0.1) is 11.6 Å². The molecule has 2 atom stereocenters. The van der Waals surface area contributed by atoms with Gasteiger partial charge in [-0.05, 0) is 5.92 Å². The van der Waals surface area contributed by atoms with Crippen molar-refractivity contribution in [2.24, 2.45) is 11.8 Å². The van der Waals surface area contributed by atoms with E-state index in [1.165, 1.54) is 0 Å². The van der Waals surface area contributed by atoms with Gasteiger partial charge in [0.05, 0.1) is 0 Å². The average molecular weight is 166 g/mol. The standard InChI is InChI=1S/C6H12ClNO2/c1-5(3-7)6(2)4-8(9)10/h5-6H,3-4H2,1-2H3. The Balaban J connectivity index is 3.61. The van der Waals surface area contributed by atoms with Gasteiger partial charge in [0.2, 0.25) is 6.54 Å². The molecule has 0 aliphatic carbocycles. The van der Waals surface area contributed by atoms with E-state index in [2.05, 4.69) is 0 Å². The maximum absolute atomic E-state index is 9.99. The first kappa shape index (κ1) is 9.69. The van der Waals surface area contributed by atoms with Gasteiger partial charge in [0, 0.05) is 16.7 Å². The Kier molecular flexibility index (Phi) is 4.36. The lowest BCUT2D eigenvalue weighted by Crippen LogP contribution is -2.19. The van der Waals surface area contributed by atoms with Crippen molar-refractivity contribution in [3.05, 3.63) is 10.1 Å². The molecule has 0 aromatic carbocycles. The van der Waals surface area contributed by atoms with Crippen LogP contribution in [0, 0.1) is 22.0 Å². The van der Waals surface area contributed by atoms with Crippen molar-refractivity contribution in [3.8, 4) is 0 Å². The number of alkyl halides is 1. The molecule has 0 radical (unpaired) electrons. The first-order valence-corrected chi connectivity index (χ1v) is 3.79. The van der Waals surface area contributed by atoms with Crippen molar-refractivity contribution in [2.75, 3.05) is 12.4 Å². The Hall–Kier alpha value is -0.310. The molecule has 0 fully saturated rings. The highest BCUT2D eigenvalue weighted by Crippen LogP contribution is 2.11. The predicted octanol–water partition coefficient (Wildman–Crippen LogP) is 1.77. The molecule has 0 aromatic rings. The maximum atomic E-state index is 9.99. The van der Waals surface area contributed by atoms with Gasteiger partial charge in [-0.1, -0.05) is 13.8 Å². The highest BCUT2D eigenvalue weighted by Gasteiger charge is 2.15. The molecule has 10 heavy (non-hydrogen) atoms. The molecule has 4 heteroatoms. The molecule has 0 spiro atoms. The largest absolute Gasteiger partial charge is 0.265 e. The van der Waals surface area contributed by atoms with E-state index in [0.717, 1.165) is 0 Å². The highest BCUT2D eigenvalue weighted by molar-refractivity contribution is 6.18. The zero-order valence-corrected chi connectivity index (χ0v) is 6.97. The summed E-state index contributed by atoms with van der Waals surface area (Å²) in [5.74, 6) is 0.800. The van der Waals surface area contributed by atoms with E-state index in [1.54, 1.807) is 0 Å². The van der Waals surface area contributed by atoms with Gasteiger partial charge in [-0.3, -0.25) is 10.1 Å². The van der Waals surface area contributed by atoms with Crippen LogP contribution in [0.5, 0.6) is 0 Å². The summed E-state index contributed by atoms with van der Waals surface area (Å²) in [7, 11) is 0. The third-order valence-electron chi connectivity index (χ3n) is 1.65. The Morgan fingerprint density at radius 1 is 1.50 bits per heavy atom. The van der Waals surface area contributed by atoms with E-state index in [0.29, 0.717) is 5.88 Å². The second kappa shape index (κ2) is 4.50. The van der Waals surface area contributed by atoms with Crippen LogP contribution < -0.4 is 0 Å². The predicted molar refractivity (Wildman–Crippen MR) is 40.9 cm³/mol. The molecule has 60 valence electrons. The summed E-state index contributed by atoms with van der Waals surface area (Å²) in [4.78, 5) is 9.69. The molecular weight excluding hydrogens is 154 g/mol. The van der Waals surface area contributed by atoms with Crippen LogP contribution in [0.25, 0.3) is 0 Å². The topological polar surface area (TPSA) is 43.1 Å². The van der Waals surface area contributed by atoms with Crippen molar-refractivity contribution in [3.63, 3.8) is 0 Å². The zero-order chi connectivity index (χ0) is 8.15.